The number of benzene rings is 1. The minimum atomic E-state index is -0.995. The second kappa shape index (κ2) is 6.90. The van der Waals surface area contributed by atoms with Crippen molar-refractivity contribution in [1.82, 2.24) is 0 Å². The van der Waals surface area contributed by atoms with Crippen LogP contribution < -0.4 is 5.32 Å². The molecule has 0 unspecified atom stereocenters. The molecule has 0 radical (unpaired) electrons. The van der Waals surface area contributed by atoms with E-state index >= 15 is 0 Å². The molecule has 0 bridgehead atoms. The maximum atomic E-state index is 11.6. The number of thioether (sulfide) groups is 1. The molecule has 0 fully saturated rings. The summed E-state index contributed by atoms with van der Waals surface area (Å²) in [5.41, 5.74) is 1.53. The van der Waals surface area contributed by atoms with Crippen LogP contribution in [-0.2, 0) is 9.59 Å². The van der Waals surface area contributed by atoms with Gasteiger partial charge in [0.15, 0.2) is 0 Å². The van der Waals surface area contributed by atoms with Gasteiger partial charge in [0, 0.05) is 11.6 Å². The molecule has 0 saturated heterocycles. The van der Waals surface area contributed by atoms with E-state index < -0.39 is 16.8 Å². The highest BCUT2D eigenvalue weighted by atomic mass is 32.2. The van der Waals surface area contributed by atoms with Crippen molar-refractivity contribution in [1.29, 1.82) is 0 Å². The molecule has 0 aliphatic rings. The summed E-state index contributed by atoms with van der Waals surface area (Å²) in [5, 5.41) is 21.9. The molecule has 1 amide bonds. The largest absolute Gasteiger partial charge is 0.481 e. The maximum Gasteiger partial charge on any atom is 0.313 e. The van der Waals surface area contributed by atoms with Crippen LogP contribution in [0.5, 0.6) is 0 Å². The first kappa shape index (κ1) is 16.0. The quantitative estimate of drug-likeness (QED) is 0.613. The molecular weight excluding hydrogens is 284 g/mol. The van der Waals surface area contributed by atoms with Crippen molar-refractivity contribution in [2.45, 2.75) is 13.8 Å². The van der Waals surface area contributed by atoms with Crippen molar-refractivity contribution in [3.05, 3.63) is 33.4 Å². The minimum absolute atomic E-state index is 0.0204. The van der Waals surface area contributed by atoms with Crippen molar-refractivity contribution in [2.24, 2.45) is 0 Å². The molecule has 1 aromatic carbocycles. The van der Waals surface area contributed by atoms with Gasteiger partial charge in [-0.15, -0.1) is 11.8 Å². The van der Waals surface area contributed by atoms with Crippen LogP contribution in [0, 0.1) is 24.0 Å². The molecule has 0 aliphatic carbocycles. The van der Waals surface area contributed by atoms with Gasteiger partial charge in [-0.2, -0.15) is 0 Å². The Balaban J connectivity index is 2.76. The highest BCUT2D eigenvalue weighted by molar-refractivity contribution is 8.00. The molecule has 7 nitrogen and oxygen atoms in total. The lowest BCUT2D eigenvalue weighted by Gasteiger charge is -2.09. The molecule has 0 aromatic heterocycles. The van der Waals surface area contributed by atoms with E-state index in [1.165, 1.54) is 6.07 Å². The number of amides is 1. The van der Waals surface area contributed by atoms with Crippen LogP contribution in [0.2, 0.25) is 0 Å². The van der Waals surface area contributed by atoms with E-state index in [4.69, 9.17) is 5.11 Å². The molecule has 0 spiro atoms. The van der Waals surface area contributed by atoms with Gasteiger partial charge in [-0.05, 0) is 25.5 Å². The number of aliphatic carboxylic acids is 1. The lowest BCUT2D eigenvalue weighted by atomic mass is 10.1. The van der Waals surface area contributed by atoms with Gasteiger partial charge in [-0.25, -0.2) is 0 Å². The average molecular weight is 298 g/mol. The number of nitrogens with zero attached hydrogens (tertiary/aromatic N) is 1. The predicted octanol–water partition coefficient (Wildman–Crippen LogP) is 1.97. The van der Waals surface area contributed by atoms with Gasteiger partial charge in [-0.3, -0.25) is 19.7 Å². The summed E-state index contributed by atoms with van der Waals surface area (Å²) in [7, 11) is 0. The number of nitrogens with one attached hydrogen (secondary N) is 1. The topological polar surface area (TPSA) is 110 Å². The van der Waals surface area contributed by atoms with E-state index in [0.29, 0.717) is 16.8 Å². The summed E-state index contributed by atoms with van der Waals surface area (Å²) < 4.78 is 0. The van der Waals surface area contributed by atoms with Crippen molar-refractivity contribution in [2.75, 3.05) is 16.8 Å². The Bertz CT molecular complexity index is 559. The number of carboxylic acids is 1. The first-order valence-electron chi connectivity index (χ1n) is 5.66. The molecule has 0 heterocycles. The summed E-state index contributed by atoms with van der Waals surface area (Å²) in [6.07, 6.45) is 0. The molecule has 0 aliphatic heterocycles. The zero-order valence-electron chi connectivity index (χ0n) is 11.0. The van der Waals surface area contributed by atoms with Crippen LogP contribution in [0.3, 0.4) is 0 Å². The average Bonchev–Trinajstić information content (AvgIpc) is 2.31. The number of carboxylic acid groups (broad SMARTS) is 1. The lowest BCUT2D eigenvalue weighted by Crippen LogP contribution is -2.16. The fourth-order valence-corrected chi connectivity index (χ4v) is 2.12. The van der Waals surface area contributed by atoms with Crippen LogP contribution in [0.25, 0.3) is 0 Å². The molecule has 2 N–H and O–H groups in total. The second-order valence-corrected chi connectivity index (χ2v) is 5.13. The van der Waals surface area contributed by atoms with E-state index in [-0.39, 0.29) is 17.2 Å². The van der Waals surface area contributed by atoms with Gasteiger partial charge in [-0.1, -0.05) is 0 Å². The summed E-state index contributed by atoms with van der Waals surface area (Å²) in [5.74, 6) is -1.57. The summed E-state index contributed by atoms with van der Waals surface area (Å²) in [6, 6.07) is 2.93. The summed E-state index contributed by atoms with van der Waals surface area (Å²) in [6.45, 7) is 3.36. The molecule has 0 saturated carbocycles. The molecule has 0 atom stereocenters. The fourth-order valence-electron chi connectivity index (χ4n) is 1.59. The van der Waals surface area contributed by atoms with Crippen molar-refractivity contribution >= 4 is 35.0 Å². The second-order valence-electron chi connectivity index (χ2n) is 4.15. The number of carbonyl (C=O) groups excluding carboxylic acids is 1. The maximum absolute atomic E-state index is 11.6. The molecule has 1 aromatic rings. The summed E-state index contributed by atoms with van der Waals surface area (Å²) >= 11 is 0.963. The number of carbonyl (C=O) groups is 2. The smallest absolute Gasteiger partial charge is 0.313 e. The van der Waals surface area contributed by atoms with E-state index in [2.05, 4.69) is 5.32 Å². The van der Waals surface area contributed by atoms with Gasteiger partial charge >= 0.3 is 5.97 Å². The van der Waals surface area contributed by atoms with E-state index in [9.17, 15) is 19.7 Å². The Morgan fingerprint density at radius 2 is 1.95 bits per heavy atom. The molecule has 20 heavy (non-hydrogen) atoms. The van der Waals surface area contributed by atoms with Gasteiger partial charge in [0.25, 0.3) is 5.69 Å². The number of aryl methyl sites for hydroxylation is 2. The van der Waals surface area contributed by atoms with Crippen LogP contribution in [-0.4, -0.2) is 33.4 Å². The molecule has 8 heteroatoms. The Morgan fingerprint density at radius 1 is 1.30 bits per heavy atom. The van der Waals surface area contributed by atoms with Crippen molar-refractivity contribution in [3.63, 3.8) is 0 Å². The zero-order valence-corrected chi connectivity index (χ0v) is 11.8. The molecule has 108 valence electrons. The van der Waals surface area contributed by atoms with Crippen molar-refractivity contribution < 1.29 is 19.6 Å². The first-order chi connectivity index (χ1) is 9.31. The number of hydrogen-bond donors (Lipinski definition) is 2. The number of hydrogen-bond acceptors (Lipinski definition) is 5. The van der Waals surface area contributed by atoms with Crippen molar-refractivity contribution in [3.8, 4) is 0 Å². The first-order valence-corrected chi connectivity index (χ1v) is 6.81. The standard InChI is InChI=1S/C12H14N2O5S/c1-7-3-8(2)10(14(18)19)4-9(7)13-11(15)5-20-6-12(16)17/h3-4H,5-6H2,1-2H3,(H,13,15)(H,16,17). The van der Waals surface area contributed by atoms with E-state index in [1.807, 2.05) is 0 Å². The Kier molecular flexibility index (Phi) is 5.51. The Morgan fingerprint density at radius 3 is 2.50 bits per heavy atom. The molecule has 1 rings (SSSR count). The van der Waals surface area contributed by atoms with Crippen LogP contribution in [0.1, 0.15) is 11.1 Å². The highest BCUT2D eigenvalue weighted by Gasteiger charge is 2.15. The third kappa shape index (κ3) is 4.54. The summed E-state index contributed by atoms with van der Waals surface area (Å²) in [4.78, 5) is 32.3. The highest BCUT2D eigenvalue weighted by Crippen LogP contribution is 2.26. The molecular formula is C12H14N2O5S. The number of nitro groups is 1. The van der Waals surface area contributed by atoms with Crippen LogP contribution in [0.15, 0.2) is 12.1 Å². The number of rotatable bonds is 6. The SMILES string of the molecule is Cc1cc(C)c([N+](=O)[O-])cc1NC(=O)CSCC(=O)O. The Labute approximate surface area is 119 Å². The van der Waals surface area contributed by atoms with Gasteiger partial charge in [0.2, 0.25) is 5.91 Å². The van der Waals surface area contributed by atoms with E-state index in [0.717, 1.165) is 11.8 Å². The van der Waals surface area contributed by atoms with Gasteiger partial charge in [0.1, 0.15) is 0 Å². The Hall–Kier alpha value is -2.09. The minimum Gasteiger partial charge on any atom is -0.481 e. The lowest BCUT2D eigenvalue weighted by molar-refractivity contribution is -0.385. The van der Waals surface area contributed by atoms with E-state index in [1.54, 1.807) is 19.9 Å². The number of anilines is 1. The third-order valence-electron chi connectivity index (χ3n) is 2.47. The van der Waals surface area contributed by atoms with Crippen LogP contribution in [0.4, 0.5) is 11.4 Å². The fraction of sp³-hybridized carbons (Fsp3) is 0.333. The van der Waals surface area contributed by atoms with Gasteiger partial charge < -0.3 is 10.4 Å². The predicted molar refractivity (Wildman–Crippen MR) is 76.2 cm³/mol. The van der Waals surface area contributed by atoms with Crippen LogP contribution >= 0.6 is 11.8 Å². The zero-order chi connectivity index (χ0) is 15.3. The third-order valence-corrected chi connectivity index (χ3v) is 3.39. The number of nitro benzene ring substituents is 1. The van der Waals surface area contributed by atoms with Gasteiger partial charge in [0.05, 0.1) is 22.1 Å². The monoisotopic (exact) mass is 298 g/mol. The normalized spacial score (nSPS) is 10.1.